The lowest BCUT2D eigenvalue weighted by Gasteiger charge is -2.17. The van der Waals surface area contributed by atoms with Crippen molar-refractivity contribution in [2.45, 2.75) is 19.9 Å². The van der Waals surface area contributed by atoms with Gasteiger partial charge < -0.3 is 14.4 Å². The van der Waals surface area contributed by atoms with E-state index in [1.165, 1.54) is 6.07 Å². The van der Waals surface area contributed by atoms with Crippen LogP contribution in [-0.4, -0.2) is 28.0 Å². The van der Waals surface area contributed by atoms with E-state index in [1.807, 2.05) is 13.0 Å². The molecule has 118 valence electrons. The van der Waals surface area contributed by atoms with Gasteiger partial charge in [-0.2, -0.15) is 0 Å². The zero-order chi connectivity index (χ0) is 16.4. The van der Waals surface area contributed by atoms with Crippen LogP contribution >= 0.6 is 0 Å². The highest BCUT2D eigenvalue weighted by molar-refractivity contribution is 6.05. The lowest BCUT2D eigenvalue weighted by Crippen LogP contribution is -2.27. The Morgan fingerprint density at radius 3 is 2.91 bits per heavy atom. The van der Waals surface area contributed by atoms with E-state index in [2.05, 4.69) is 10.1 Å². The Kier molecular flexibility index (Phi) is 3.97. The molecule has 23 heavy (non-hydrogen) atoms. The van der Waals surface area contributed by atoms with Crippen molar-refractivity contribution in [3.63, 3.8) is 0 Å². The molecule has 1 aromatic carbocycles. The van der Waals surface area contributed by atoms with Gasteiger partial charge in [-0.25, -0.2) is 0 Å². The van der Waals surface area contributed by atoms with Crippen molar-refractivity contribution >= 4 is 16.8 Å². The topological polar surface area (TPSA) is 79.2 Å². The van der Waals surface area contributed by atoms with Gasteiger partial charge in [0.05, 0.1) is 23.3 Å². The monoisotopic (exact) mass is 311 g/mol. The van der Waals surface area contributed by atoms with Gasteiger partial charge in [0.1, 0.15) is 6.26 Å². The number of nitrogens with zero attached hydrogens (tertiary/aromatic N) is 2. The Bertz CT molecular complexity index is 911. The van der Waals surface area contributed by atoms with Crippen molar-refractivity contribution in [2.24, 2.45) is 0 Å². The first-order valence-electron chi connectivity index (χ1n) is 7.39. The maximum absolute atomic E-state index is 12.7. The summed E-state index contributed by atoms with van der Waals surface area (Å²) in [7, 11) is 1.72. The number of rotatable bonds is 4. The third-order valence-corrected chi connectivity index (χ3v) is 3.81. The van der Waals surface area contributed by atoms with Crippen molar-refractivity contribution in [1.82, 2.24) is 15.0 Å². The minimum absolute atomic E-state index is 0.166. The Labute approximate surface area is 132 Å². The van der Waals surface area contributed by atoms with Crippen molar-refractivity contribution in [3.05, 3.63) is 63.8 Å². The minimum Gasteiger partial charge on any atom is -0.364 e. The van der Waals surface area contributed by atoms with Crippen molar-refractivity contribution in [3.8, 4) is 0 Å². The molecule has 1 N–H and O–H groups in total. The molecule has 2 heterocycles. The second-order valence-electron chi connectivity index (χ2n) is 5.39. The van der Waals surface area contributed by atoms with E-state index >= 15 is 0 Å². The van der Waals surface area contributed by atoms with Gasteiger partial charge in [0.15, 0.2) is 0 Å². The highest BCUT2D eigenvalue weighted by Crippen LogP contribution is 2.18. The Morgan fingerprint density at radius 2 is 2.13 bits per heavy atom. The Balaban J connectivity index is 1.94. The maximum Gasteiger partial charge on any atom is 0.256 e. The van der Waals surface area contributed by atoms with E-state index in [1.54, 1.807) is 36.4 Å². The van der Waals surface area contributed by atoms with Crippen molar-refractivity contribution < 1.29 is 9.32 Å². The smallest absolute Gasteiger partial charge is 0.256 e. The number of aromatic amines is 1. The summed E-state index contributed by atoms with van der Waals surface area (Å²) in [6.45, 7) is 2.39. The van der Waals surface area contributed by atoms with Gasteiger partial charge in [-0.15, -0.1) is 0 Å². The molecule has 3 aromatic rings. The number of hydrogen-bond acceptors (Lipinski definition) is 4. The molecule has 0 atom stereocenters. The number of amides is 1. The summed E-state index contributed by atoms with van der Waals surface area (Å²) in [6.07, 6.45) is 2.31. The van der Waals surface area contributed by atoms with Crippen LogP contribution < -0.4 is 5.56 Å². The molecule has 0 saturated carbocycles. The molecule has 0 radical (unpaired) electrons. The molecule has 0 unspecified atom stereocenters. The molecular weight excluding hydrogens is 294 g/mol. The normalized spacial score (nSPS) is 10.9. The fraction of sp³-hybridized carbons (Fsp3) is 0.235. The number of hydrogen-bond donors (Lipinski definition) is 1. The summed E-state index contributed by atoms with van der Waals surface area (Å²) in [5.74, 6) is -0.166. The van der Waals surface area contributed by atoms with Crippen LogP contribution in [-0.2, 0) is 13.0 Å². The number of para-hydroxylation sites is 1. The lowest BCUT2D eigenvalue weighted by atomic mass is 10.1. The molecule has 0 fully saturated rings. The summed E-state index contributed by atoms with van der Waals surface area (Å²) in [5.41, 5.74) is 2.52. The molecule has 1 amide bonds. The van der Waals surface area contributed by atoms with Gasteiger partial charge in [-0.3, -0.25) is 9.59 Å². The summed E-state index contributed by atoms with van der Waals surface area (Å²) < 4.78 is 4.97. The maximum atomic E-state index is 12.7. The van der Waals surface area contributed by atoms with E-state index in [-0.39, 0.29) is 11.5 Å². The first-order valence-corrected chi connectivity index (χ1v) is 7.39. The van der Waals surface area contributed by atoms with E-state index in [9.17, 15) is 9.59 Å². The van der Waals surface area contributed by atoms with E-state index < -0.39 is 0 Å². The number of H-pyrrole nitrogens is 1. The van der Waals surface area contributed by atoms with Crippen LogP contribution in [0.5, 0.6) is 0 Å². The van der Waals surface area contributed by atoms with Crippen LogP contribution in [0.3, 0.4) is 0 Å². The molecule has 2 aromatic heterocycles. The molecule has 0 spiro atoms. The molecular formula is C17H17N3O3. The summed E-state index contributed by atoms with van der Waals surface area (Å²) in [6, 6.07) is 8.53. The number of nitrogens with one attached hydrogen (secondary N) is 1. The highest BCUT2D eigenvalue weighted by Gasteiger charge is 2.17. The predicted octanol–water partition coefficient (Wildman–Crippen LogP) is 2.35. The van der Waals surface area contributed by atoms with Crippen LogP contribution in [0.1, 0.15) is 28.5 Å². The first kappa shape index (κ1) is 15.0. The Morgan fingerprint density at radius 1 is 1.30 bits per heavy atom. The van der Waals surface area contributed by atoms with Crippen LogP contribution in [0.4, 0.5) is 0 Å². The first-order chi connectivity index (χ1) is 11.1. The van der Waals surface area contributed by atoms with Crippen molar-refractivity contribution in [1.29, 1.82) is 0 Å². The summed E-state index contributed by atoms with van der Waals surface area (Å²) in [5, 5.41) is 4.74. The molecule has 3 rings (SSSR count). The number of aromatic nitrogens is 2. The summed E-state index contributed by atoms with van der Waals surface area (Å²) >= 11 is 0. The standard InChI is InChI=1S/C17H17N3O3/c1-3-14-12(10-23-19-14)9-20(2)17(22)13-6-4-5-11-7-8-15(21)18-16(11)13/h4-8,10H,3,9H2,1-2H3,(H,18,21). The summed E-state index contributed by atoms with van der Waals surface area (Å²) in [4.78, 5) is 28.6. The lowest BCUT2D eigenvalue weighted by molar-refractivity contribution is 0.0786. The van der Waals surface area contributed by atoms with Gasteiger partial charge in [0.25, 0.3) is 5.91 Å². The van der Waals surface area contributed by atoms with Gasteiger partial charge in [-0.05, 0) is 23.9 Å². The second-order valence-corrected chi connectivity index (χ2v) is 5.39. The average molecular weight is 311 g/mol. The number of carbonyl (C=O) groups is 1. The highest BCUT2D eigenvalue weighted by atomic mass is 16.5. The van der Waals surface area contributed by atoms with E-state index in [0.29, 0.717) is 17.6 Å². The minimum atomic E-state index is -0.229. The fourth-order valence-corrected chi connectivity index (χ4v) is 2.59. The van der Waals surface area contributed by atoms with Gasteiger partial charge >= 0.3 is 0 Å². The zero-order valence-electron chi connectivity index (χ0n) is 13.0. The van der Waals surface area contributed by atoms with Gasteiger partial charge in [-0.1, -0.05) is 24.2 Å². The van der Waals surface area contributed by atoms with Crippen LogP contribution in [0.15, 0.2) is 45.9 Å². The number of fused-ring (bicyclic) bond motifs is 1. The fourth-order valence-electron chi connectivity index (χ4n) is 2.59. The molecule has 6 nitrogen and oxygen atoms in total. The molecule has 0 bridgehead atoms. The van der Waals surface area contributed by atoms with Crippen molar-refractivity contribution in [2.75, 3.05) is 7.05 Å². The molecule has 0 aliphatic rings. The van der Waals surface area contributed by atoms with Crippen LogP contribution in [0.2, 0.25) is 0 Å². The SMILES string of the molecule is CCc1nocc1CN(C)C(=O)c1cccc2ccc(=O)[nH]c12. The number of benzene rings is 1. The molecule has 0 aliphatic heterocycles. The number of aryl methyl sites for hydroxylation is 1. The van der Waals surface area contributed by atoms with Crippen LogP contribution in [0, 0.1) is 0 Å². The molecule has 6 heteroatoms. The van der Waals surface area contributed by atoms with E-state index in [4.69, 9.17) is 4.52 Å². The number of carbonyl (C=O) groups excluding carboxylic acids is 1. The number of pyridine rings is 1. The molecule has 0 saturated heterocycles. The second kappa shape index (κ2) is 6.08. The Hall–Kier alpha value is -2.89. The zero-order valence-corrected chi connectivity index (χ0v) is 13.0. The third kappa shape index (κ3) is 2.88. The largest absolute Gasteiger partial charge is 0.364 e. The van der Waals surface area contributed by atoms with Crippen LogP contribution in [0.25, 0.3) is 10.9 Å². The average Bonchev–Trinajstić information content (AvgIpc) is 3.00. The molecule has 0 aliphatic carbocycles. The van der Waals surface area contributed by atoms with Gasteiger partial charge in [0, 0.05) is 18.7 Å². The van der Waals surface area contributed by atoms with E-state index in [0.717, 1.165) is 23.1 Å². The van der Waals surface area contributed by atoms with Gasteiger partial charge in [0.2, 0.25) is 5.56 Å². The quantitative estimate of drug-likeness (QED) is 0.802. The third-order valence-electron chi connectivity index (χ3n) is 3.81. The predicted molar refractivity (Wildman–Crippen MR) is 86.2 cm³/mol.